The number of benzene rings is 3. The first-order valence-electron chi connectivity index (χ1n) is 10.6. The van der Waals surface area contributed by atoms with Gasteiger partial charge in [0.05, 0.1) is 18.7 Å². The van der Waals surface area contributed by atoms with Gasteiger partial charge in [0.1, 0.15) is 11.5 Å². The molecule has 0 saturated carbocycles. The molecule has 0 atom stereocenters. The van der Waals surface area contributed by atoms with E-state index in [0.29, 0.717) is 24.7 Å². The van der Waals surface area contributed by atoms with Crippen molar-refractivity contribution in [3.8, 4) is 28.3 Å². The van der Waals surface area contributed by atoms with Crippen molar-refractivity contribution in [3.63, 3.8) is 0 Å². The molecule has 0 radical (unpaired) electrons. The second-order valence-corrected chi connectivity index (χ2v) is 7.73. The molecule has 0 aliphatic rings. The van der Waals surface area contributed by atoms with Crippen LogP contribution in [0.2, 0.25) is 0 Å². The number of carboxylic acids is 1. The molecular weight excluding hydrogens is 402 g/mol. The minimum Gasteiger partial charge on any atom is -0.493 e. The third-order valence-electron chi connectivity index (χ3n) is 5.34. The first-order valence-corrected chi connectivity index (χ1v) is 10.6. The van der Waals surface area contributed by atoms with Gasteiger partial charge in [0.2, 0.25) is 5.89 Å². The van der Waals surface area contributed by atoms with Crippen molar-refractivity contribution in [3.05, 3.63) is 95.4 Å². The van der Waals surface area contributed by atoms with E-state index in [4.69, 9.17) is 14.3 Å². The van der Waals surface area contributed by atoms with Crippen molar-refractivity contribution in [1.82, 2.24) is 4.98 Å². The average Bonchev–Trinajstić information content (AvgIpc) is 3.17. The molecule has 4 aromatic rings. The Bertz CT molecular complexity index is 1210. The van der Waals surface area contributed by atoms with Crippen LogP contribution in [0.5, 0.6) is 5.75 Å². The Balaban J connectivity index is 1.42. The molecule has 0 fully saturated rings. The minimum atomic E-state index is -0.859. The Labute approximate surface area is 187 Å². The van der Waals surface area contributed by atoms with E-state index in [-0.39, 0.29) is 6.42 Å². The van der Waals surface area contributed by atoms with Gasteiger partial charge in [-0.15, -0.1) is 0 Å². The van der Waals surface area contributed by atoms with Gasteiger partial charge in [0, 0.05) is 12.0 Å². The van der Waals surface area contributed by atoms with Crippen LogP contribution in [-0.2, 0) is 17.6 Å². The van der Waals surface area contributed by atoms with Crippen molar-refractivity contribution in [2.45, 2.75) is 26.7 Å². The van der Waals surface area contributed by atoms with Crippen LogP contribution in [0, 0.1) is 13.8 Å². The van der Waals surface area contributed by atoms with Crippen molar-refractivity contribution in [2.24, 2.45) is 0 Å². The molecule has 1 aromatic heterocycles. The highest BCUT2D eigenvalue weighted by atomic mass is 16.5. The van der Waals surface area contributed by atoms with Crippen molar-refractivity contribution < 1.29 is 19.1 Å². The molecular formula is C27H25NO4. The number of ether oxygens (including phenoxy) is 1. The third-order valence-corrected chi connectivity index (χ3v) is 5.34. The van der Waals surface area contributed by atoms with Crippen LogP contribution in [0.3, 0.4) is 0 Å². The molecule has 1 heterocycles. The maximum Gasteiger partial charge on any atom is 0.307 e. The molecule has 0 aliphatic carbocycles. The molecule has 162 valence electrons. The Morgan fingerprint density at radius 2 is 1.62 bits per heavy atom. The second-order valence-electron chi connectivity index (χ2n) is 7.73. The van der Waals surface area contributed by atoms with Crippen molar-refractivity contribution >= 4 is 5.97 Å². The topological polar surface area (TPSA) is 72.6 Å². The lowest BCUT2D eigenvalue weighted by Crippen LogP contribution is -2.05. The summed E-state index contributed by atoms with van der Waals surface area (Å²) in [5.41, 5.74) is 5.78. The van der Waals surface area contributed by atoms with Gasteiger partial charge in [-0.05, 0) is 54.3 Å². The molecule has 0 amide bonds. The highest BCUT2D eigenvalue weighted by molar-refractivity contribution is 5.70. The number of nitrogens with zero attached hydrogens (tertiary/aromatic N) is 1. The number of hydrogen-bond donors (Lipinski definition) is 1. The first-order chi connectivity index (χ1) is 15.5. The van der Waals surface area contributed by atoms with Gasteiger partial charge in [-0.1, -0.05) is 54.6 Å². The lowest BCUT2D eigenvalue weighted by atomic mass is 10.0. The lowest BCUT2D eigenvalue weighted by molar-refractivity contribution is -0.136. The van der Waals surface area contributed by atoms with Gasteiger partial charge in [-0.3, -0.25) is 4.79 Å². The molecule has 5 nitrogen and oxygen atoms in total. The number of rotatable bonds is 8. The van der Waals surface area contributed by atoms with E-state index >= 15 is 0 Å². The fourth-order valence-corrected chi connectivity index (χ4v) is 3.56. The summed E-state index contributed by atoms with van der Waals surface area (Å²) in [7, 11) is 0. The van der Waals surface area contributed by atoms with Crippen LogP contribution in [0.4, 0.5) is 0 Å². The van der Waals surface area contributed by atoms with Crippen LogP contribution >= 0.6 is 0 Å². The summed E-state index contributed by atoms with van der Waals surface area (Å²) in [5.74, 6) is 1.20. The van der Waals surface area contributed by atoms with Gasteiger partial charge in [0.15, 0.2) is 0 Å². The number of oxazole rings is 1. The summed E-state index contributed by atoms with van der Waals surface area (Å²) in [6.07, 6.45) is 0.575. The predicted molar refractivity (Wildman–Crippen MR) is 124 cm³/mol. The number of hydrogen-bond acceptors (Lipinski definition) is 4. The van der Waals surface area contributed by atoms with Gasteiger partial charge in [-0.25, -0.2) is 4.98 Å². The van der Waals surface area contributed by atoms with E-state index in [1.165, 1.54) is 5.56 Å². The number of carbonyl (C=O) groups is 1. The monoisotopic (exact) mass is 427 g/mol. The van der Waals surface area contributed by atoms with E-state index in [0.717, 1.165) is 33.7 Å². The molecule has 5 heteroatoms. The number of carboxylic acid groups (broad SMARTS) is 1. The zero-order chi connectivity index (χ0) is 22.5. The molecule has 0 spiro atoms. The number of aryl methyl sites for hydroxylation is 2. The van der Waals surface area contributed by atoms with Crippen LogP contribution in [0.15, 0.2) is 77.2 Å². The molecule has 32 heavy (non-hydrogen) atoms. The SMILES string of the molecule is Cc1ccc(CC(=O)O)cc1OCCc1nc(-c2ccc(-c3ccccc3)cc2)oc1C. The summed E-state index contributed by atoms with van der Waals surface area (Å²) in [6.45, 7) is 4.28. The Morgan fingerprint density at radius 3 is 2.34 bits per heavy atom. The normalized spacial score (nSPS) is 10.8. The molecule has 0 unspecified atom stereocenters. The van der Waals surface area contributed by atoms with Crippen LogP contribution < -0.4 is 4.74 Å². The molecule has 3 aromatic carbocycles. The third kappa shape index (κ3) is 5.06. The highest BCUT2D eigenvalue weighted by Crippen LogP contribution is 2.26. The number of aromatic nitrogens is 1. The summed E-state index contributed by atoms with van der Waals surface area (Å²) in [4.78, 5) is 15.6. The van der Waals surface area contributed by atoms with E-state index in [2.05, 4.69) is 29.2 Å². The van der Waals surface area contributed by atoms with Gasteiger partial charge < -0.3 is 14.3 Å². The zero-order valence-corrected chi connectivity index (χ0v) is 18.2. The molecule has 0 saturated heterocycles. The second kappa shape index (κ2) is 9.52. The average molecular weight is 428 g/mol. The maximum atomic E-state index is 11.0. The fraction of sp³-hybridized carbons (Fsp3) is 0.185. The summed E-state index contributed by atoms with van der Waals surface area (Å²) < 4.78 is 11.8. The van der Waals surface area contributed by atoms with Crippen LogP contribution in [0.1, 0.15) is 22.6 Å². The highest BCUT2D eigenvalue weighted by Gasteiger charge is 2.13. The Kier molecular flexibility index (Phi) is 6.36. The lowest BCUT2D eigenvalue weighted by Gasteiger charge is -2.10. The minimum absolute atomic E-state index is 0.0224. The smallest absolute Gasteiger partial charge is 0.307 e. The van der Waals surface area contributed by atoms with E-state index in [1.807, 2.05) is 56.3 Å². The Hall–Kier alpha value is -3.86. The molecule has 0 bridgehead atoms. The predicted octanol–water partition coefficient (Wildman–Crippen LogP) is 5.87. The maximum absolute atomic E-state index is 11.0. The quantitative estimate of drug-likeness (QED) is 0.380. The molecule has 0 aliphatic heterocycles. The summed E-state index contributed by atoms with van der Waals surface area (Å²) in [6, 6.07) is 23.9. The summed E-state index contributed by atoms with van der Waals surface area (Å²) in [5, 5.41) is 8.99. The zero-order valence-electron chi connectivity index (χ0n) is 18.2. The molecule has 4 rings (SSSR count). The largest absolute Gasteiger partial charge is 0.493 e. The summed E-state index contributed by atoms with van der Waals surface area (Å²) >= 11 is 0. The van der Waals surface area contributed by atoms with Gasteiger partial charge >= 0.3 is 5.97 Å². The fourth-order valence-electron chi connectivity index (χ4n) is 3.56. The first kappa shape index (κ1) is 21.4. The van der Waals surface area contributed by atoms with Gasteiger partial charge in [0.25, 0.3) is 0 Å². The van der Waals surface area contributed by atoms with Crippen molar-refractivity contribution in [2.75, 3.05) is 6.61 Å². The Morgan fingerprint density at radius 1 is 0.938 bits per heavy atom. The van der Waals surface area contributed by atoms with E-state index in [9.17, 15) is 4.79 Å². The van der Waals surface area contributed by atoms with Gasteiger partial charge in [-0.2, -0.15) is 0 Å². The van der Waals surface area contributed by atoms with E-state index in [1.54, 1.807) is 6.07 Å². The van der Waals surface area contributed by atoms with Crippen LogP contribution in [-0.4, -0.2) is 22.7 Å². The van der Waals surface area contributed by atoms with Crippen molar-refractivity contribution in [1.29, 1.82) is 0 Å². The standard InChI is InChI=1S/C27H25NO4/c1-18-8-9-20(17-26(29)30)16-25(18)31-15-14-24-19(2)32-27(28-24)23-12-10-22(11-13-23)21-6-4-3-5-7-21/h3-13,16H,14-15,17H2,1-2H3,(H,29,30). The van der Waals surface area contributed by atoms with Crippen LogP contribution in [0.25, 0.3) is 22.6 Å². The molecule has 1 N–H and O–H groups in total. The number of aliphatic carboxylic acids is 1. The van der Waals surface area contributed by atoms with E-state index < -0.39 is 5.97 Å².